The van der Waals surface area contributed by atoms with Crippen LogP contribution in [0.4, 0.5) is 0 Å². The molecule has 1 aromatic carbocycles. The molecular formula is C14H19N3O5S. The van der Waals surface area contributed by atoms with E-state index in [9.17, 15) is 18.0 Å². The summed E-state index contributed by atoms with van der Waals surface area (Å²) in [4.78, 5) is 23.5. The number of nitrogens with one attached hydrogen (secondary N) is 2. The number of ether oxygens (including phenoxy) is 1. The number of benzene rings is 1. The Bertz CT molecular complexity index is 672. The van der Waals surface area contributed by atoms with Crippen LogP contribution in [0.2, 0.25) is 0 Å². The summed E-state index contributed by atoms with van der Waals surface area (Å²) in [6.07, 6.45) is 2.35. The monoisotopic (exact) mass is 341 g/mol. The van der Waals surface area contributed by atoms with Crippen molar-refractivity contribution in [3.63, 3.8) is 0 Å². The predicted octanol–water partition coefficient (Wildman–Crippen LogP) is -0.502. The number of hydrogen-bond donors (Lipinski definition) is 3. The van der Waals surface area contributed by atoms with Gasteiger partial charge in [-0.25, -0.2) is 13.6 Å². The quantitative estimate of drug-likeness (QED) is 0.665. The normalized spacial score (nSPS) is 18.7. The molecule has 0 spiro atoms. The van der Waals surface area contributed by atoms with Gasteiger partial charge >= 0.3 is 0 Å². The first-order valence-corrected chi connectivity index (χ1v) is 8.73. The molecule has 0 unspecified atom stereocenters. The van der Waals surface area contributed by atoms with Crippen molar-refractivity contribution in [1.82, 2.24) is 10.6 Å². The zero-order valence-corrected chi connectivity index (χ0v) is 13.3. The summed E-state index contributed by atoms with van der Waals surface area (Å²) in [5, 5.41) is 10.3. The molecule has 1 saturated heterocycles. The van der Waals surface area contributed by atoms with E-state index in [1.807, 2.05) is 0 Å². The van der Waals surface area contributed by atoms with E-state index in [0.717, 1.165) is 12.8 Å². The van der Waals surface area contributed by atoms with E-state index in [4.69, 9.17) is 9.88 Å². The lowest BCUT2D eigenvalue weighted by atomic mass is 10.1. The third kappa shape index (κ3) is 5.22. The Labute approximate surface area is 134 Å². The van der Waals surface area contributed by atoms with Crippen molar-refractivity contribution in [3.05, 3.63) is 24.3 Å². The van der Waals surface area contributed by atoms with E-state index in [1.165, 1.54) is 24.3 Å². The van der Waals surface area contributed by atoms with Crippen LogP contribution in [0, 0.1) is 0 Å². The topological polar surface area (TPSA) is 128 Å². The highest BCUT2D eigenvalue weighted by Gasteiger charge is 2.22. The molecule has 1 heterocycles. The molecule has 1 aromatic rings. The molecule has 2 rings (SSSR count). The number of carbonyl (C=O) groups excluding carboxylic acids is 2. The fraction of sp³-hybridized carbons (Fsp3) is 0.429. The lowest BCUT2D eigenvalue weighted by molar-refractivity contribution is -0.129. The van der Waals surface area contributed by atoms with Gasteiger partial charge in [-0.1, -0.05) is 0 Å². The van der Waals surface area contributed by atoms with Crippen LogP contribution in [-0.4, -0.2) is 39.4 Å². The lowest BCUT2D eigenvalue weighted by Gasteiger charge is -2.15. The van der Waals surface area contributed by atoms with Gasteiger partial charge in [0.15, 0.2) is 6.61 Å². The van der Waals surface area contributed by atoms with Crippen molar-refractivity contribution in [2.24, 2.45) is 5.14 Å². The maximum atomic E-state index is 11.8. The zero-order valence-electron chi connectivity index (χ0n) is 12.4. The van der Waals surface area contributed by atoms with Crippen LogP contribution in [0.3, 0.4) is 0 Å². The predicted molar refractivity (Wildman–Crippen MR) is 82.1 cm³/mol. The molecule has 0 aliphatic carbocycles. The van der Waals surface area contributed by atoms with Gasteiger partial charge in [-0.2, -0.15) is 0 Å². The summed E-state index contributed by atoms with van der Waals surface area (Å²) in [5.74, 6) is -0.270. The second-order valence-corrected chi connectivity index (χ2v) is 6.77. The highest BCUT2D eigenvalue weighted by atomic mass is 32.2. The molecule has 23 heavy (non-hydrogen) atoms. The smallest absolute Gasteiger partial charge is 0.258 e. The molecule has 1 atom stereocenters. The van der Waals surface area contributed by atoms with Gasteiger partial charge in [-0.15, -0.1) is 0 Å². The largest absolute Gasteiger partial charge is 0.484 e. The van der Waals surface area contributed by atoms with Crippen molar-refractivity contribution in [2.45, 2.75) is 30.2 Å². The van der Waals surface area contributed by atoms with Crippen LogP contribution in [0.25, 0.3) is 0 Å². The average molecular weight is 341 g/mol. The minimum Gasteiger partial charge on any atom is -0.484 e. The van der Waals surface area contributed by atoms with Gasteiger partial charge in [0, 0.05) is 6.54 Å². The average Bonchev–Trinajstić information content (AvgIpc) is 2.70. The molecule has 1 aliphatic heterocycles. The van der Waals surface area contributed by atoms with Crippen LogP contribution < -0.4 is 20.5 Å². The van der Waals surface area contributed by atoms with Crippen LogP contribution in [0.15, 0.2) is 29.2 Å². The van der Waals surface area contributed by atoms with Crippen molar-refractivity contribution in [2.75, 3.05) is 13.2 Å². The minimum atomic E-state index is -3.76. The number of nitrogens with two attached hydrogens (primary N) is 1. The van der Waals surface area contributed by atoms with Crippen molar-refractivity contribution >= 4 is 21.8 Å². The molecule has 1 aliphatic rings. The van der Waals surface area contributed by atoms with Crippen LogP contribution in [0.5, 0.6) is 5.75 Å². The Balaban J connectivity index is 1.85. The van der Waals surface area contributed by atoms with Crippen LogP contribution >= 0.6 is 0 Å². The van der Waals surface area contributed by atoms with Gasteiger partial charge in [0.25, 0.3) is 5.91 Å². The van der Waals surface area contributed by atoms with Crippen LogP contribution in [-0.2, 0) is 19.6 Å². The third-order valence-corrected chi connectivity index (χ3v) is 4.32. The summed E-state index contributed by atoms with van der Waals surface area (Å²) in [6.45, 7) is 0.358. The molecule has 0 bridgehead atoms. The number of amides is 2. The fourth-order valence-corrected chi connectivity index (χ4v) is 2.70. The maximum absolute atomic E-state index is 11.8. The first-order valence-electron chi connectivity index (χ1n) is 7.19. The van der Waals surface area contributed by atoms with E-state index in [2.05, 4.69) is 10.6 Å². The van der Waals surface area contributed by atoms with Gasteiger partial charge in [-0.05, 0) is 43.5 Å². The van der Waals surface area contributed by atoms with Crippen molar-refractivity contribution < 1.29 is 22.7 Å². The fourth-order valence-electron chi connectivity index (χ4n) is 2.19. The highest BCUT2D eigenvalue weighted by Crippen LogP contribution is 2.14. The Hall–Kier alpha value is -2.13. The lowest BCUT2D eigenvalue weighted by Crippen LogP contribution is -2.46. The van der Waals surface area contributed by atoms with E-state index in [1.54, 1.807) is 0 Å². The molecule has 126 valence electrons. The zero-order chi connectivity index (χ0) is 16.9. The molecule has 9 heteroatoms. The first-order chi connectivity index (χ1) is 10.9. The van der Waals surface area contributed by atoms with Gasteiger partial charge in [0.2, 0.25) is 15.9 Å². The summed E-state index contributed by atoms with van der Waals surface area (Å²) >= 11 is 0. The molecule has 8 nitrogen and oxygen atoms in total. The van der Waals surface area contributed by atoms with Crippen molar-refractivity contribution in [1.29, 1.82) is 0 Å². The van der Waals surface area contributed by atoms with Gasteiger partial charge < -0.3 is 15.4 Å². The second kappa shape index (κ2) is 7.42. The van der Waals surface area contributed by atoms with Gasteiger partial charge in [-0.3, -0.25) is 9.59 Å². The third-order valence-electron chi connectivity index (χ3n) is 3.39. The Morgan fingerprint density at radius 2 is 2.00 bits per heavy atom. The minimum absolute atomic E-state index is 0.0376. The van der Waals surface area contributed by atoms with Gasteiger partial charge in [0.1, 0.15) is 11.8 Å². The standard InChI is InChI=1S/C14H19N3O5S/c15-23(20,21)11-6-4-10(5-7-11)22-9-13(18)17-12-3-1-2-8-16-14(12)19/h4-7,12H,1-3,8-9H2,(H,16,19)(H,17,18)(H2,15,20,21)/t12-/m1/s1. The molecular weight excluding hydrogens is 322 g/mol. The Morgan fingerprint density at radius 3 is 2.65 bits per heavy atom. The Morgan fingerprint density at radius 1 is 1.30 bits per heavy atom. The number of carbonyl (C=O) groups is 2. The first kappa shape index (κ1) is 17.2. The van der Waals surface area contributed by atoms with E-state index in [-0.39, 0.29) is 17.4 Å². The number of hydrogen-bond acceptors (Lipinski definition) is 5. The molecule has 1 fully saturated rings. The second-order valence-electron chi connectivity index (χ2n) is 5.21. The molecule has 0 radical (unpaired) electrons. The maximum Gasteiger partial charge on any atom is 0.258 e. The van der Waals surface area contributed by atoms with E-state index in [0.29, 0.717) is 18.7 Å². The molecule has 0 saturated carbocycles. The summed E-state index contributed by atoms with van der Waals surface area (Å²) in [7, 11) is -3.76. The van der Waals surface area contributed by atoms with E-state index < -0.39 is 22.0 Å². The molecule has 4 N–H and O–H groups in total. The Kier molecular flexibility index (Phi) is 5.56. The summed E-state index contributed by atoms with van der Waals surface area (Å²) < 4.78 is 27.5. The SMILES string of the molecule is NS(=O)(=O)c1ccc(OCC(=O)N[C@@H]2CCCCNC2=O)cc1. The molecule has 0 aromatic heterocycles. The number of rotatable bonds is 5. The van der Waals surface area contributed by atoms with E-state index >= 15 is 0 Å². The summed E-state index contributed by atoms with van der Waals surface area (Å²) in [5.41, 5.74) is 0. The molecule has 2 amide bonds. The van der Waals surface area contributed by atoms with Crippen LogP contribution in [0.1, 0.15) is 19.3 Å². The number of primary sulfonamides is 1. The van der Waals surface area contributed by atoms with Crippen molar-refractivity contribution in [3.8, 4) is 5.75 Å². The summed E-state index contributed by atoms with van der Waals surface area (Å²) in [6, 6.07) is 4.86. The van der Waals surface area contributed by atoms with Gasteiger partial charge in [0.05, 0.1) is 4.90 Å². The number of sulfonamides is 1. The highest BCUT2D eigenvalue weighted by molar-refractivity contribution is 7.89.